The van der Waals surface area contributed by atoms with Crippen molar-refractivity contribution in [1.82, 2.24) is 5.32 Å². The Hall–Kier alpha value is -1.30. The average Bonchev–Trinajstić information content (AvgIpc) is 2.42. The van der Waals surface area contributed by atoms with E-state index in [1.54, 1.807) is 18.2 Å². The fourth-order valence-corrected chi connectivity index (χ4v) is 1.88. The molecule has 0 radical (unpaired) electrons. The van der Waals surface area contributed by atoms with Crippen LogP contribution in [0.15, 0.2) is 18.2 Å². The molecule has 0 saturated carbocycles. The van der Waals surface area contributed by atoms with E-state index in [2.05, 4.69) is 5.32 Å². The number of benzene rings is 1. The fraction of sp³-hybridized carbons (Fsp3) is 0.462. The molecule has 1 aromatic rings. The van der Waals surface area contributed by atoms with Gasteiger partial charge in [-0.25, -0.2) is 0 Å². The third-order valence-electron chi connectivity index (χ3n) is 2.71. The third-order valence-corrected chi connectivity index (χ3v) is 3.00. The predicted octanol–water partition coefficient (Wildman–Crippen LogP) is 0.964. The van der Waals surface area contributed by atoms with Gasteiger partial charge in [0.15, 0.2) is 0 Å². The first-order chi connectivity index (χ1) is 8.99. The quantitative estimate of drug-likeness (QED) is 0.681. The lowest BCUT2D eigenvalue weighted by Gasteiger charge is -2.19. The van der Waals surface area contributed by atoms with Gasteiger partial charge >= 0.3 is 0 Å². The number of aliphatic hydroxyl groups excluding tert-OH is 2. The molecule has 0 aliphatic carbocycles. The van der Waals surface area contributed by atoms with Crippen molar-refractivity contribution < 1.29 is 19.7 Å². The molecular weight excluding hydrogens is 270 g/mol. The Morgan fingerprint density at radius 1 is 1.47 bits per heavy atom. The van der Waals surface area contributed by atoms with Gasteiger partial charge < -0.3 is 20.3 Å². The van der Waals surface area contributed by atoms with E-state index in [-0.39, 0.29) is 18.3 Å². The van der Waals surface area contributed by atoms with Gasteiger partial charge in [0.05, 0.1) is 13.0 Å². The van der Waals surface area contributed by atoms with Crippen LogP contribution in [0.5, 0.6) is 5.75 Å². The standard InChI is InChI=1S/C13H18ClNO4/c1-8(16)15-7-11(17)13(18)9-3-4-12(19-2)10(5-9)6-14/h3-5,11,13,17-18H,6-7H2,1-2H3,(H,15,16). The van der Waals surface area contributed by atoms with E-state index in [9.17, 15) is 15.0 Å². The normalized spacial score (nSPS) is 13.7. The lowest BCUT2D eigenvalue weighted by atomic mass is 10.0. The third kappa shape index (κ3) is 4.38. The summed E-state index contributed by atoms with van der Waals surface area (Å²) in [7, 11) is 1.53. The van der Waals surface area contributed by atoms with Crippen LogP contribution in [0.1, 0.15) is 24.2 Å². The van der Waals surface area contributed by atoms with E-state index < -0.39 is 12.2 Å². The molecule has 1 aromatic carbocycles. The number of hydrogen-bond donors (Lipinski definition) is 3. The van der Waals surface area contributed by atoms with E-state index in [1.807, 2.05) is 0 Å². The highest BCUT2D eigenvalue weighted by Crippen LogP contribution is 2.26. The number of halogens is 1. The molecule has 0 saturated heterocycles. The van der Waals surface area contributed by atoms with Crippen LogP contribution in [0, 0.1) is 0 Å². The van der Waals surface area contributed by atoms with Crippen molar-refractivity contribution in [2.24, 2.45) is 0 Å². The molecule has 19 heavy (non-hydrogen) atoms. The summed E-state index contributed by atoms with van der Waals surface area (Å²) >= 11 is 5.79. The van der Waals surface area contributed by atoms with Gasteiger partial charge in [-0.15, -0.1) is 11.6 Å². The van der Waals surface area contributed by atoms with E-state index in [4.69, 9.17) is 16.3 Å². The van der Waals surface area contributed by atoms with Crippen LogP contribution in [0.2, 0.25) is 0 Å². The topological polar surface area (TPSA) is 78.8 Å². The number of aliphatic hydroxyl groups is 2. The molecule has 1 amide bonds. The molecule has 2 unspecified atom stereocenters. The monoisotopic (exact) mass is 287 g/mol. The van der Waals surface area contributed by atoms with Crippen LogP contribution < -0.4 is 10.1 Å². The Morgan fingerprint density at radius 2 is 2.16 bits per heavy atom. The summed E-state index contributed by atoms with van der Waals surface area (Å²) in [5.41, 5.74) is 1.25. The summed E-state index contributed by atoms with van der Waals surface area (Å²) in [5.74, 6) is 0.607. The second-order valence-electron chi connectivity index (χ2n) is 4.15. The van der Waals surface area contributed by atoms with Gasteiger partial charge in [0.25, 0.3) is 0 Å². The number of rotatable bonds is 6. The Morgan fingerprint density at radius 3 is 2.68 bits per heavy atom. The van der Waals surface area contributed by atoms with Crippen molar-refractivity contribution in [2.45, 2.75) is 25.0 Å². The van der Waals surface area contributed by atoms with Gasteiger partial charge in [0.2, 0.25) is 5.91 Å². The number of carbonyl (C=O) groups is 1. The number of amides is 1. The number of methoxy groups -OCH3 is 1. The van der Waals surface area contributed by atoms with E-state index in [1.165, 1.54) is 14.0 Å². The molecule has 0 aromatic heterocycles. The van der Waals surface area contributed by atoms with Crippen LogP contribution >= 0.6 is 11.6 Å². The second-order valence-corrected chi connectivity index (χ2v) is 4.42. The van der Waals surface area contributed by atoms with Gasteiger partial charge in [-0.2, -0.15) is 0 Å². The Kier molecular flexibility index (Phi) is 6.08. The van der Waals surface area contributed by atoms with Crippen molar-refractivity contribution in [3.8, 4) is 5.75 Å². The lowest BCUT2D eigenvalue weighted by molar-refractivity contribution is -0.119. The number of alkyl halides is 1. The summed E-state index contributed by atoms with van der Waals surface area (Å²) in [6.07, 6.45) is -2.18. The van der Waals surface area contributed by atoms with Crippen molar-refractivity contribution in [3.63, 3.8) is 0 Å². The van der Waals surface area contributed by atoms with Gasteiger partial charge in [0, 0.05) is 19.0 Å². The van der Waals surface area contributed by atoms with Crippen molar-refractivity contribution in [1.29, 1.82) is 0 Å². The van der Waals surface area contributed by atoms with Gasteiger partial charge in [-0.05, 0) is 17.7 Å². The summed E-state index contributed by atoms with van der Waals surface area (Å²) in [4.78, 5) is 10.8. The molecule has 5 nitrogen and oxygen atoms in total. The van der Waals surface area contributed by atoms with E-state index >= 15 is 0 Å². The van der Waals surface area contributed by atoms with Crippen molar-refractivity contribution in [3.05, 3.63) is 29.3 Å². The lowest BCUT2D eigenvalue weighted by Crippen LogP contribution is -2.34. The van der Waals surface area contributed by atoms with Crippen LogP contribution in [-0.2, 0) is 10.7 Å². The molecule has 0 bridgehead atoms. The molecule has 106 valence electrons. The zero-order chi connectivity index (χ0) is 14.4. The first kappa shape index (κ1) is 15.8. The summed E-state index contributed by atoms with van der Waals surface area (Å²) in [5, 5.41) is 22.2. The number of ether oxygens (including phenoxy) is 1. The van der Waals surface area contributed by atoms with Crippen LogP contribution in [0.3, 0.4) is 0 Å². The van der Waals surface area contributed by atoms with Crippen LogP contribution in [-0.4, -0.2) is 35.9 Å². The maximum Gasteiger partial charge on any atom is 0.216 e. The zero-order valence-electron chi connectivity index (χ0n) is 10.9. The van der Waals surface area contributed by atoms with Gasteiger partial charge in [0.1, 0.15) is 18.0 Å². The molecule has 2 atom stereocenters. The largest absolute Gasteiger partial charge is 0.496 e. The molecule has 3 N–H and O–H groups in total. The van der Waals surface area contributed by atoms with E-state index in [0.29, 0.717) is 11.3 Å². The zero-order valence-corrected chi connectivity index (χ0v) is 11.6. The van der Waals surface area contributed by atoms with E-state index in [0.717, 1.165) is 5.56 Å². The average molecular weight is 288 g/mol. The summed E-state index contributed by atoms with van der Waals surface area (Å²) in [6.45, 7) is 1.33. The maximum atomic E-state index is 10.8. The highest BCUT2D eigenvalue weighted by molar-refractivity contribution is 6.17. The summed E-state index contributed by atoms with van der Waals surface area (Å²) < 4.78 is 5.12. The Balaban J connectivity index is 2.81. The molecule has 0 aliphatic rings. The molecule has 0 aliphatic heterocycles. The minimum Gasteiger partial charge on any atom is -0.496 e. The molecule has 0 heterocycles. The number of hydrogen-bond acceptors (Lipinski definition) is 4. The molecule has 1 rings (SSSR count). The van der Waals surface area contributed by atoms with Crippen molar-refractivity contribution >= 4 is 17.5 Å². The Bertz CT molecular complexity index is 439. The number of carbonyl (C=O) groups excluding carboxylic acids is 1. The van der Waals surface area contributed by atoms with Crippen LogP contribution in [0.4, 0.5) is 0 Å². The minimum atomic E-state index is -1.10. The second kappa shape index (κ2) is 7.33. The molecular formula is C13H18ClNO4. The first-order valence-corrected chi connectivity index (χ1v) is 6.36. The maximum absolute atomic E-state index is 10.8. The van der Waals surface area contributed by atoms with Gasteiger partial charge in [-0.1, -0.05) is 6.07 Å². The van der Waals surface area contributed by atoms with Crippen molar-refractivity contribution in [2.75, 3.05) is 13.7 Å². The minimum absolute atomic E-state index is 0.0151. The fourth-order valence-electron chi connectivity index (χ4n) is 1.67. The molecule has 0 spiro atoms. The molecule has 0 fully saturated rings. The Labute approximate surface area is 117 Å². The highest BCUT2D eigenvalue weighted by Gasteiger charge is 2.19. The highest BCUT2D eigenvalue weighted by atomic mass is 35.5. The predicted molar refractivity (Wildman–Crippen MR) is 72.2 cm³/mol. The smallest absolute Gasteiger partial charge is 0.216 e. The number of nitrogens with one attached hydrogen (secondary N) is 1. The molecule has 6 heteroatoms. The summed E-state index contributed by atoms with van der Waals surface area (Å²) in [6, 6.07) is 5.01. The first-order valence-electron chi connectivity index (χ1n) is 5.83. The SMILES string of the molecule is COc1ccc(C(O)C(O)CNC(C)=O)cc1CCl. The van der Waals surface area contributed by atoms with Gasteiger partial charge in [-0.3, -0.25) is 4.79 Å². The van der Waals surface area contributed by atoms with Crippen LogP contribution in [0.25, 0.3) is 0 Å².